The first-order chi connectivity index (χ1) is 26.0. The molecule has 0 saturated heterocycles. The summed E-state index contributed by atoms with van der Waals surface area (Å²) in [5.41, 5.74) is 11.5. The molecular weight excluding hydrogens is 651 g/mol. The van der Waals surface area contributed by atoms with Gasteiger partial charge in [0, 0.05) is 33.2 Å². The summed E-state index contributed by atoms with van der Waals surface area (Å²) in [4.78, 5) is 15.1. The minimum Gasteiger partial charge on any atom is -0.449 e. The van der Waals surface area contributed by atoms with Gasteiger partial charge in [-0.3, -0.25) is 0 Å². The minimum atomic E-state index is -0.149. The molecule has 7 aromatic carbocycles. The van der Waals surface area contributed by atoms with Gasteiger partial charge in [0.1, 0.15) is 0 Å². The Morgan fingerprint density at radius 1 is 0.377 bits per heavy atom. The molecule has 1 aliphatic carbocycles. The van der Waals surface area contributed by atoms with Crippen molar-refractivity contribution in [2.24, 2.45) is 0 Å². The van der Waals surface area contributed by atoms with Crippen LogP contribution in [-0.2, 0) is 5.41 Å². The summed E-state index contributed by atoms with van der Waals surface area (Å²) < 4.78 is 13.5. The van der Waals surface area contributed by atoms with Crippen LogP contribution in [0.3, 0.4) is 0 Å². The van der Waals surface area contributed by atoms with Crippen LogP contribution in [-0.4, -0.2) is 15.0 Å². The molecule has 5 nitrogen and oxygen atoms in total. The summed E-state index contributed by atoms with van der Waals surface area (Å²) >= 11 is 0. The average molecular weight is 684 g/mol. The third-order valence-corrected chi connectivity index (χ3v) is 10.4. The molecule has 0 saturated carbocycles. The van der Waals surface area contributed by atoms with E-state index >= 15 is 0 Å². The van der Waals surface area contributed by atoms with E-state index in [1.807, 2.05) is 66.7 Å². The van der Waals surface area contributed by atoms with E-state index < -0.39 is 0 Å². The van der Waals surface area contributed by atoms with Crippen LogP contribution in [0.25, 0.3) is 67.5 Å². The van der Waals surface area contributed by atoms with Crippen molar-refractivity contribution in [1.82, 2.24) is 15.0 Å². The number of aromatic nitrogens is 3. The van der Waals surface area contributed by atoms with Crippen LogP contribution in [0.5, 0.6) is 23.0 Å². The molecular formula is C48H33N3O2. The molecule has 0 atom stereocenters. The maximum atomic E-state index is 6.94. The highest BCUT2D eigenvalue weighted by molar-refractivity contribution is 5.89. The zero-order valence-electron chi connectivity index (χ0n) is 29.2. The number of nitrogens with zero attached hydrogens (tertiary/aromatic N) is 3. The molecule has 0 amide bonds. The number of benzene rings is 7. The molecule has 0 bridgehead atoms. The molecule has 0 fully saturated rings. The summed E-state index contributed by atoms with van der Waals surface area (Å²) in [7, 11) is 0. The summed E-state index contributed by atoms with van der Waals surface area (Å²) in [5, 5.41) is 0. The molecule has 10 rings (SSSR count). The lowest BCUT2D eigenvalue weighted by atomic mass is 9.82. The zero-order valence-corrected chi connectivity index (χ0v) is 29.2. The van der Waals surface area contributed by atoms with Crippen molar-refractivity contribution in [3.05, 3.63) is 175 Å². The molecule has 1 aliphatic heterocycles. The lowest BCUT2D eigenvalue weighted by Gasteiger charge is -2.26. The van der Waals surface area contributed by atoms with Crippen molar-refractivity contribution < 1.29 is 9.47 Å². The number of hydrogen-bond donors (Lipinski definition) is 0. The van der Waals surface area contributed by atoms with Gasteiger partial charge in [0.2, 0.25) is 0 Å². The van der Waals surface area contributed by atoms with Crippen molar-refractivity contribution in [1.29, 1.82) is 0 Å². The molecule has 0 unspecified atom stereocenters. The Bertz CT molecular complexity index is 2700. The predicted octanol–water partition coefficient (Wildman–Crippen LogP) is 12.4. The SMILES string of the molecule is CC1(C)c2ccccc2-c2c1ccc1c2Oc2c(cccc2-c2cccc(-c3nc(-c4ccccc4)nc(-c4cccc(-c5ccccc5)c4)n3)c2)O1. The van der Waals surface area contributed by atoms with Crippen LogP contribution in [0.15, 0.2) is 164 Å². The van der Waals surface area contributed by atoms with Crippen LogP contribution >= 0.6 is 0 Å². The lowest BCUT2D eigenvalue weighted by molar-refractivity contribution is 0.361. The van der Waals surface area contributed by atoms with Crippen LogP contribution in [0.1, 0.15) is 25.0 Å². The van der Waals surface area contributed by atoms with Gasteiger partial charge in [-0.15, -0.1) is 0 Å². The Morgan fingerprint density at radius 2 is 0.906 bits per heavy atom. The van der Waals surface area contributed by atoms with Crippen LogP contribution in [0, 0.1) is 0 Å². The molecule has 2 aliphatic rings. The number of fused-ring (bicyclic) bond motifs is 6. The van der Waals surface area contributed by atoms with E-state index in [1.165, 1.54) is 16.7 Å². The maximum absolute atomic E-state index is 6.94. The van der Waals surface area contributed by atoms with E-state index in [1.54, 1.807) is 0 Å². The highest BCUT2D eigenvalue weighted by Gasteiger charge is 2.39. The van der Waals surface area contributed by atoms with Crippen LogP contribution < -0.4 is 9.47 Å². The van der Waals surface area contributed by atoms with E-state index in [4.69, 9.17) is 24.4 Å². The largest absolute Gasteiger partial charge is 0.449 e. The fraction of sp³-hybridized carbons (Fsp3) is 0.0625. The van der Waals surface area contributed by atoms with E-state index in [0.717, 1.165) is 56.0 Å². The summed E-state index contributed by atoms with van der Waals surface area (Å²) in [6, 6.07) is 55.9. The fourth-order valence-electron chi connectivity index (χ4n) is 7.72. The van der Waals surface area contributed by atoms with Gasteiger partial charge in [0.05, 0.1) is 0 Å². The quantitative estimate of drug-likeness (QED) is 0.181. The van der Waals surface area contributed by atoms with Crippen LogP contribution in [0.2, 0.25) is 0 Å². The van der Waals surface area contributed by atoms with Gasteiger partial charge < -0.3 is 9.47 Å². The first kappa shape index (κ1) is 30.9. The predicted molar refractivity (Wildman–Crippen MR) is 211 cm³/mol. The second-order valence-corrected chi connectivity index (χ2v) is 14.0. The van der Waals surface area contributed by atoms with Gasteiger partial charge in [0.25, 0.3) is 0 Å². The van der Waals surface area contributed by atoms with Crippen molar-refractivity contribution in [3.63, 3.8) is 0 Å². The topological polar surface area (TPSA) is 57.1 Å². The number of para-hydroxylation sites is 1. The Labute approximate surface area is 308 Å². The molecule has 53 heavy (non-hydrogen) atoms. The van der Waals surface area contributed by atoms with Crippen molar-refractivity contribution in [3.8, 4) is 90.5 Å². The monoisotopic (exact) mass is 683 g/mol. The standard InChI is InChI=1S/C48H33N3O2/c1-48(2)38-24-10-9-22-37(38)42-39(48)26-27-41-44(42)53-43-36(23-13-25-40(43)52-41)33-19-12-21-35(29-33)47-50-45(31-16-7-4-8-17-31)49-46(51-47)34-20-11-18-32(28-34)30-14-5-3-6-15-30/h3-29H,1-2H3. The van der Waals surface area contributed by atoms with Gasteiger partial charge in [0.15, 0.2) is 40.5 Å². The third kappa shape index (κ3) is 5.20. The smallest absolute Gasteiger partial charge is 0.178 e. The maximum Gasteiger partial charge on any atom is 0.178 e. The highest BCUT2D eigenvalue weighted by Crippen LogP contribution is 2.59. The first-order valence-electron chi connectivity index (χ1n) is 17.9. The Kier molecular flexibility index (Phi) is 7.08. The summed E-state index contributed by atoms with van der Waals surface area (Å²) in [6.07, 6.45) is 0. The molecule has 8 aromatic rings. The van der Waals surface area contributed by atoms with Gasteiger partial charge in [-0.05, 0) is 57.6 Å². The molecule has 0 spiro atoms. The Balaban J connectivity index is 1.08. The molecule has 5 heteroatoms. The van der Waals surface area contributed by atoms with Crippen LogP contribution in [0.4, 0.5) is 0 Å². The van der Waals surface area contributed by atoms with Crippen molar-refractivity contribution in [2.75, 3.05) is 0 Å². The molecule has 0 radical (unpaired) electrons. The number of hydrogen-bond acceptors (Lipinski definition) is 5. The minimum absolute atomic E-state index is 0.149. The van der Waals surface area contributed by atoms with Gasteiger partial charge in [-0.1, -0.05) is 153 Å². The molecule has 252 valence electrons. The van der Waals surface area contributed by atoms with E-state index in [9.17, 15) is 0 Å². The third-order valence-electron chi connectivity index (χ3n) is 10.4. The molecule has 0 N–H and O–H groups in total. The lowest BCUT2D eigenvalue weighted by Crippen LogP contribution is -2.15. The second kappa shape index (κ2) is 12.1. The van der Waals surface area contributed by atoms with Gasteiger partial charge in [-0.2, -0.15) is 0 Å². The van der Waals surface area contributed by atoms with E-state index in [-0.39, 0.29) is 5.41 Å². The molecule has 2 heterocycles. The average Bonchev–Trinajstić information content (AvgIpc) is 3.46. The summed E-state index contributed by atoms with van der Waals surface area (Å²) in [5.74, 6) is 4.65. The zero-order chi connectivity index (χ0) is 35.5. The summed E-state index contributed by atoms with van der Waals surface area (Å²) in [6.45, 7) is 4.54. The van der Waals surface area contributed by atoms with Gasteiger partial charge >= 0.3 is 0 Å². The Morgan fingerprint density at radius 3 is 1.64 bits per heavy atom. The fourth-order valence-corrected chi connectivity index (χ4v) is 7.72. The van der Waals surface area contributed by atoms with Crippen molar-refractivity contribution >= 4 is 0 Å². The second-order valence-electron chi connectivity index (χ2n) is 14.0. The van der Waals surface area contributed by atoms with Crippen molar-refractivity contribution in [2.45, 2.75) is 19.3 Å². The number of ether oxygens (including phenoxy) is 2. The Hall–Kier alpha value is -6.85. The molecule has 1 aromatic heterocycles. The normalized spacial score (nSPS) is 13.2. The highest BCUT2D eigenvalue weighted by atomic mass is 16.6. The number of rotatable bonds is 5. The van der Waals surface area contributed by atoms with E-state index in [2.05, 4.69) is 111 Å². The van der Waals surface area contributed by atoms with Gasteiger partial charge in [-0.25, -0.2) is 15.0 Å². The van der Waals surface area contributed by atoms with E-state index in [0.29, 0.717) is 29.0 Å². The first-order valence-corrected chi connectivity index (χ1v) is 17.9.